The lowest BCUT2D eigenvalue weighted by Crippen LogP contribution is -2.27. The van der Waals surface area contributed by atoms with Crippen molar-refractivity contribution in [3.63, 3.8) is 0 Å². The lowest BCUT2D eigenvalue weighted by Gasteiger charge is -2.23. The van der Waals surface area contributed by atoms with Crippen LogP contribution >= 0.6 is 0 Å². The number of carbonyl (C=O) groups is 4. The third-order valence-electron chi connectivity index (χ3n) is 6.74. The number of ketones is 3. The number of hydrogen-bond donors (Lipinski definition) is 0. The Morgan fingerprint density at radius 1 is 0.611 bits per heavy atom. The summed E-state index contributed by atoms with van der Waals surface area (Å²) >= 11 is 0. The minimum atomic E-state index is -0.779. The number of hydrogen-bond acceptors (Lipinski definition) is 5. The second-order valence-electron chi connectivity index (χ2n) is 10.8. The van der Waals surface area contributed by atoms with Crippen molar-refractivity contribution >= 4 is 23.3 Å². The standard InChI is InChI=1S/C31H40O5/c1-30(2,28(34)18-15-24-11-7-5-8-12-24)21-19-26(32)16-17-27(33)20-22-31(3,4)29(35)36-23-25-13-9-6-10-14-25/h5-14H,15-23H2,1-4H3. The predicted octanol–water partition coefficient (Wildman–Crippen LogP) is 6.46. The van der Waals surface area contributed by atoms with Crippen molar-refractivity contribution in [1.82, 2.24) is 0 Å². The number of aryl methyl sites for hydroxylation is 1. The summed E-state index contributed by atoms with van der Waals surface area (Å²) in [6.45, 7) is 7.53. The number of rotatable bonds is 16. The van der Waals surface area contributed by atoms with Crippen LogP contribution < -0.4 is 0 Å². The van der Waals surface area contributed by atoms with Gasteiger partial charge >= 0.3 is 5.97 Å². The molecule has 36 heavy (non-hydrogen) atoms. The van der Waals surface area contributed by atoms with Crippen molar-refractivity contribution in [2.75, 3.05) is 0 Å². The number of benzene rings is 2. The van der Waals surface area contributed by atoms with Crippen molar-refractivity contribution in [2.24, 2.45) is 10.8 Å². The van der Waals surface area contributed by atoms with E-state index in [4.69, 9.17) is 4.74 Å². The summed E-state index contributed by atoms with van der Waals surface area (Å²) in [7, 11) is 0. The molecule has 0 heterocycles. The second kappa shape index (κ2) is 13.9. The Kier molecular flexibility index (Phi) is 11.2. The van der Waals surface area contributed by atoms with Crippen LogP contribution in [-0.2, 0) is 36.9 Å². The zero-order chi connectivity index (χ0) is 26.6. The molecule has 2 rings (SSSR count). The van der Waals surface area contributed by atoms with E-state index in [-0.39, 0.29) is 55.6 Å². The van der Waals surface area contributed by atoms with Gasteiger partial charge in [-0.25, -0.2) is 0 Å². The Morgan fingerprint density at radius 2 is 1.08 bits per heavy atom. The summed E-state index contributed by atoms with van der Waals surface area (Å²) in [5, 5.41) is 0. The smallest absolute Gasteiger partial charge is 0.311 e. The molecule has 0 saturated carbocycles. The summed E-state index contributed by atoms with van der Waals surface area (Å²) in [4.78, 5) is 49.9. The molecule has 5 nitrogen and oxygen atoms in total. The molecule has 0 fully saturated rings. The van der Waals surface area contributed by atoms with Crippen molar-refractivity contribution in [2.45, 2.75) is 85.7 Å². The fourth-order valence-corrected chi connectivity index (χ4v) is 3.83. The van der Waals surface area contributed by atoms with Gasteiger partial charge in [0.1, 0.15) is 24.0 Å². The fourth-order valence-electron chi connectivity index (χ4n) is 3.83. The first-order valence-electron chi connectivity index (χ1n) is 12.8. The second-order valence-corrected chi connectivity index (χ2v) is 10.8. The van der Waals surface area contributed by atoms with Gasteiger partial charge < -0.3 is 4.74 Å². The van der Waals surface area contributed by atoms with Gasteiger partial charge in [0.25, 0.3) is 0 Å². The average molecular weight is 493 g/mol. The van der Waals surface area contributed by atoms with Gasteiger partial charge in [-0.1, -0.05) is 74.5 Å². The molecular formula is C31H40O5. The van der Waals surface area contributed by atoms with Crippen LogP contribution in [0.5, 0.6) is 0 Å². The summed E-state index contributed by atoms with van der Waals surface area (Å²) < 4.78 is 5.42. The van der Waals surface area contributed by atoms with E-state index in [0.29, 0.717) is 25.7 Å². The minimum Gasteiger partial charge on any atom is -0.460 e. The molecule has 0 unspecified atom stereocenters. The van der Waals surface area contributed by atoms with Gasteiger partial charge in [-0.05, 0) is 44.2 Å². The van der Waals surface area contributed by atoms with Crippen LogP contribution in [0.1, 0.15) is 83.8 Å². The predicted molar refractivity (Wildman–Crippen MR) is 141 cm³/mol. The van der Waals surface area contributed by atoms with Crippen LogP contribution in [0, 0.1) is 10.8 Å². The van der Waals surface area contributed by atoms with E-state index in [2.05, 4.69) is 0 Å². The van der Waals surface area contributed by atoms with Gasteiger partial charge in [0.05, 0.1) is 5.41 Å². The van der Waals surface area contributed by atoms with Gasteiger partial charge in [-0.3, -0.25) is 19.2 Å². The van der Waals surface area contributed by atoms with E-state index in [1.165, 1.54) is 0 Å². The molecule has 0 aliphatic rings. The van der Waals surface area contributed by atoms with Crippen LogP contribution in [-0.4, -0.2) is 23.3 Å². The molecule has 0 atom stereocenters. The largest absolute Gasteiger partial charge is 0.460 e. The molecule has 0 saturated heterocycles. The molecule has 2 aromatic rings. The highest BCUT2D eigenvalue weighted by Crippen LogP contribution is 2.28. The van der Waals surface area contributed by atoms with E-state index in [1.807, 2.05) is 74.5 Å². The molecule has 5 heteroatoms. The fraction of sp³-hybridized carbons (Fsp3) is 0.484. The van der Waals surface area contributed by atoms with E-state index in [9.17, 15) is 19.2 Å². The van der Waals surface area contributed by atoms with Crippen molar-refractivity contribution < 1.29 is 23.9 Å². The van der Waals surface area contributed by atoms with Crippen LogP contribution in [0.2, 0.25) is 0 Å². The monoisotopic (exact) mass is 492 g/mol. The first kappa shape index (κ1) is 29.2. The van der Waals surface area contributed by atoms with E-state index < -0.39 is 10.8 Å². The molecule has 0 aliphatic heterocycles. The minimum absolute atomic E-state index is 0.00573. The Balaban J connectivity index is 1.66. The maximum Gasteiger partial charge on any atom is 0.311 e. The SMILES string of the molecule is CC(C)(CCC(=O)CCC(=O)CCC(C)(C)C(=O)OCc1ccccc1)C(=O)CCc1ccccc1. The summed E-state index contributed by atoms with van der Waals surface area (Å²) in [5.74, 6) is -0.231. The molecule has 2 aromatic carbocycles. The van der Waals surface area contributed by atoms with Gasteiger partial charge in [-0.15, -0.1) is 0 Å². The van der Waals surface area contributed by atoms with E-state index >= 15 is 0 Å². The zero-order valence-corrected chi connectivity index (χ0v) is 22.2. The van der Waals surface area contributed by atoms with Gasteiger partial charge in [0.2, 0.25) is 0 Å². The van der Waals surface area contributed by atoms with Gasteiger partial charge in [0.15, 0.2) is 0 Å². The van der Waals surface area contributed by atoms with Crippen molar-refractivity contribution in [3.8, 4) is 0 Å². The summed E-state index contributed by atoms with van der Waals surface area (Å²) in [5.41, 5.74) is 0.693. The lowest BCUT2D eigenvalue weighted by atomic mass is 9.80. The Hall–Kier alpha value is -3.08. The highest BCUT2D eigenvalue weighted by molar-refractivity contribution is 5.88. The number of Topliss-reactive ketones (excluding diaryl/α,β-unsaturated/α-hetero) is 3. The van der Waals surface area contributed by atoms with E-state index in [1.54, 1.807) is 13.8 Å². The molecule has 0 aromatic heterocycles. The lowest BCUT2D eigenvalue weighted by molar-refractivity contribution is -0.156. The van der Waals surface area contributed by atoms with Crippen molar-refractivity contribution in [3.05, 3.63) is 71.8 Å². The Morgan fingerprint density at radius 3 is 1.61 bits per heavy atom. The van der Waals surface area contributed by atoms with Gasteiger partial charge in [-0.2, -0.15) is 0 Å². The van der Waals surface area contributed by atoms with Crippen LogP contribution in [0.25, 0.3) is 0 Å². The first-order chi connectivity index (χ1) is 17.0. The quantitative estimate of drug-likeness (QED) is 0.251. The normalized spacial score (nSPS) is 11.7. The van der Waals surface area contributed by atoms with Crippen LogP contribution in [0.3, 0.4) is 0 Å². The maximum absolute atomic E-state index is 12.7. The van der Waals surface area contributed by atoms with Crippen molar-refractivity contribution in [1.29, 1.82) is 0 Å². The van der Waals surface area contributed by atoms with E-state index in [0.717, 1.165) is 11.1 Å². The van der Waals surface area contributed by atoms with Gasteiger partial charge in [0, 0.05) is 37.5 Å². The van der Waals surface area contributed by atoms with Crippen LogP contribution in [0.15, 0.2) is 60.7 Å². The van der Waals surface area contributed by atoms with Crippen LogP contribution in [0.4, 0.5) is 0 Å². The highest BCUT2D eigenvalue weighted by Gasteiger charge is 2.30. The molecule has 0 bridgehead atoms. The summed E-state index contributed by atoms with van der Waals surface area (Å²) in [6, 6.07) is 19.4. The molecule has 0 spiro atoms. The summed E-state index contributed by atoms with van der Waals surface area (Å²) in [6.07, 6.45) is 2.85. The average Bonchev–Trinajstić information content (AvgIpc) is 2.87. The molecule has 0 amide bonds. The highest BCUT2D eigenvalue weighted by atomic mass is 16.5. The molecule has 0 radical (unpaired) electrons. The molecule has 0 N–H and O–H groups in total. The first-order valence-corrected chi connectivity index (χ1v) is 12.8. The molecule has 194 valence electrons. The maximum atomic E-state index is 12.7. The zero-order valence-electron chi connectivity index (χ0n) is 22.2. The number of esters is 1. The Labute approximate surface area is 215 Å². The Bertz CT molecular complexity index is 922. The molecular weight excluding hydrogens is 452 g/mol. The number of carbonyl (C=O) groups excluding carboxylic acids is 4. The molecule has 0 aliphatic carbocycles. The number of ether oxygens (including phenoxy) is 1. The third kappa shape index (κ3) is 10.3. The topological polar surface area (TPSA) is 77.5 Å². The third-order valence-corrected chi connectivity index (χ3v) is 6.74.